The number of H-pyrrole nitrogens is 1. The molecule has 0 saturated carbocycles. The summed E-state index contributed by atoms with van der Waals surface area (Å²) in [5.41, 5.74) is 3.54. The molecule has 12 nitrogen and oxygen atoms in total. The van der Waals surface area contributed by atoms with Gasteiger partial charge < -0.3 is 10.2 Å². The molecule has 6 rings (SSSR count). The first-order chi connectivity index (χ1) is 19.4. The van der Waals surface area contributed by atoms with E-state index in [1.807, 2.05) is 55.4 Å². The van der Waals surface area contributed by atoms with Crippen molar-refractivity contribution in [2.24, 2.45) is 7.05 Å². The molecule has 2 atom stereocenters. The number of tetrazole rings is 1. The zero-order valence-electron chi connectivity index (χ0n) is 21.6. The van der Waals surface area contributed by atoms with E-state index in [0.29, 0.717) is 36.1 Å². The van der Waals surface area contributed by atoms with Gasteiger partial charge in [-0.25, -0.2) is 18.3 Å². The Morgan fingerprint density at radius 3 is 2.62 bits per heavy atom. The zero-order chi connectivity index (χ0) is 27.8. The molecule has 14 heteroatoms. The number of aromatic nitrogens is 8. The zero-order valence-corrected chi connectivity index (χ0v) is 21.6. The minimum atomic E-state index is -0.955. The number of carbonyl (C=O) groups excluding carboxylic acids is 1. The Morgan fingerprint density at radius 2 is 1.93 bits per heavy atom. The lowest BCUT2D eigenvalue weighted by Crippen LogP contribution is -2.42. The third-order valence-electron chi connectivity index (χ3n) is 6.96. The van der Waals surface area contributed by atoms with Gasteiger partial charge in [0.25, 0.3) is 5.95 Å². The van der Waals surface area contributed by atoms with Gasteiger partial charge in [0, 0.05) is 43.4 Å². The molecule has 1 aliphatic rings. The largest absolute Gasteiger partial charge is 0.335 e. The van der Waals surface area contributed by atoms with Gasteiger partial charge in [-0.15, -0.1) is 5.10 Å². The Kier molecular flexibility index (Phi) is 6.42. The molecule has 3 N–H and O–H groups in total. The van der Waals surface area contributed by atoms with Crippen LogP contribution in [-0.4, -0.2) is 65.3 Å². The van der Waals surface area contributed by atoms with Crippen molar-refractivity contribution in [3.8, 4) is 16.9 Å². The standard InChI is InChI=1S/C26H25F2N11O/c1-15-23(17-11-29-37(2)12-17)34-39(18-6-4-3-5-7-18)24(15)31-26(40)30-22-14-38(25-32-35-36-33-25)13-19(22)16-8-9-20(27)21(28)10-16/h3-12,19,22H,13-14H2,1-2H3,(H2,30,31,40)(H,32,33,35,36)/t19-,22+/m0/s1. The predicted octanol–water partition coefficient (Wildman–Crippen LogP) is 3.17. The molecule has 204 valence electrons. The minimum absolute atomic E-state index is 0.328. The molecule has 4 heterocycles. The Labute approximate surface area is 227 Å². The SMILES string of the molecule is Cc1c(-c2cnn(C)c2)nn(-c2ccccc2)c1NC(=O)N[C@@H]1CN(c2nn[nH]n2)C[C@H]1c1ccc(F)c(F)c1. The van der Waals surface area contributed by atoms with Crippen molar-refractivity contribution in [3.63, 3.8) is 0 Å². The summed E-state index contributed by atoms with van der Waals surface area (Å²) in [5.74, 6) is -1.43. The number of hydrogen-bond donors (Lipinski definition) is 3. The summed E-state index contributed by atoms with van der Waals surface area (Å²) in [6.45, 7) is 2.57. The molecular weight excluding hydrogens is 520 g/mol. The smallest absolute Gasteiger partial charge is 0.320 e. The van der Waals surface area contributed by atoms with Crippen molar-refractivity contribution >= 4 is 17.8 Å². The number of nitrogens with zero attached hydrogens (tertiary/aromatic N) is 8. The van der Waals surface area contributed by atoms with Crippen LogP contribution in [0.5, 0.6) is 0 Å². The normalized spacial score (nSPS) is 16.9. The molecule has 5 aromatic rings. The maximum absolute atomic E-state index is 14.1. The van der Waals surface area contributed by atoms with Gasteiger partial charge in [-0.1, -0.05) is 29.4 Å². The number of anilines is 2. The fourth-order valence-corrected chi connectivity index (χ4v) is 5.01. The van der Waals surface area contributed by atoms with Gasteiger partial charge >= 0.3 is 6.03 Å². The molecule has 0 unspecified atom stereocenters. The quantitative estimate of drug-likeness (QED) is 0.298. The van der Waals surface area contributed by atoms with Crippen LogP contribution >= 0.6 is 0 Å². The highest BCUT2D eigenvalue weighted by Crippen LogP contribution is 2.32. The van der Waals surface area contributed by atoms with E-state index in [4.69, 9.17) is 5.10 Å². The number of nitrogens with one attached hydrogen (secondary N) is 3. The molecule has 1 aliphatic heterocycles. The second kappa shape index (κ2) is 10.2. The summed E-state index contributed by atoms with van der Waals surface area (Å²) in [4.78, 5) is 15.3. The van der Waals surface area contributed by atoms with Gasteiger partial charge in [0.05, 0.1) is 17.9 Å². The molecule has 1 saturated heterocycles. The van der Waals surface area contributed by atoms with Crippen molar-refractivity contribution in [3.05, 3.63) is 83.7 Å². The molecule has 0 spiro atoms. The Balaban J connectivity index is 1.30. The summed E-state index contributed by atoms with van der Waals surface area (Å²) < 4.78 is 31.2. The van der Waals surface area contributed by atoms with Crippen molar-refractivity contribution in [1.82, 2.24) is 45.5 Å². The number of urea groups is 1. The number of benzene rings is 2. The van der Waals surface area contributed by atoms with E-state index in [-0.39, 0.29) is 5.92 Å². The first-order valence-corrected chi connectivity index (χ1v) is 12.5. The summed E-state index contributed by atoms with van der Waals surface area (Å²) >= 11 is 0. The van der Waals surface area contributed by atoms with E-state index < -0.39 is 23.7 Å². The summed E-state index contributed by atoms with van der Waals surface area (Å²) in [6.07, 6.45) is 3.57. The molecule has 2 amide bonds. The van der Waals surface area contributed by atoms with Crippen molar-refractivity contribution < 1.29 is 13.6 Å². The second-order valence-electron chi connectivity index (χ2n) is 9.57. The number of hydrogen-bond acceptors (Lipinski definition) is 7. The molecular formula is C26H25F2N11O. The van der Waals surface area contributed by atoms with Crippen molar-refractivity contribution in [1.29, 1.82) is 0 Å². The third kappa shape index (κ3) is 4.74. The van der Waals surface area contributed by atoms with Crippen LogP contribution in [0.4, 0.5) is 25.3 Å². The number of amides is 2. The molecule has 2 aromatic carbocycles. The highest BCUT2D eigenvalue weighted by Gasteiger charge is 2.37. The van der Waals surface area contributed by atoms with Crippen molar-refractivity contribution in [2.75, 3.05) is 23.3 Å². The van der Waals surface area contributed by atoms with E-state index in [1.54, 1.807) is 15.6 Å². The van der Waals surface area contributed by atoms with Crippen LogP contribution in [0.3, 0.4) is 0 Å². The van der Waals surface area contributed by atoms with E-state index in [1.165, 1.54) is 6.07 Å². The molecule has 0 aliphatic carbocycles. The molecule has 0 radical (unpaired) electrons. The predicted molar refractivity (Wildman–Crippen MR) is 142 cm³/mol. The van der Waals surface area contributed by atoms with Gasteiger partial charge in [0.1, 0.15) is 11.5 Å². The van der Waals surface area contributed by atoms with Crippen LogP contribution in [0.1, 0.15) is 17.0 Å². The van der Waals surface area contributed by atoms with Crippen LogP contribution < -0.4 is 15.5 Å². The monoisotopic (exact) mass is 545 g/mol. The average molecular weight is 546 g/mol. The summed E-state index contributed by atoms with van der Waals surface area (Å²) in [5, 5.41) is 29.1. The lowest BCUT2D eigenvalue weighted by molar-refractivity contribution is 0.248. The maximum Gasteiger partial charge on any atom is 0.320 e. The number of aromatic amines is 1. The number of rotatable bonds is 6. The van der Waals surface area contributed by atoms with Crippen LogP contribution in [0.15, 0.2) is 60.9 Å². The third-order valence-corrected chi connectivity index (χ3v) is 6.96. The Morgan fingerprint density at radius 1 is 1.10 bits per heavy atom. The van der Waals surface area contributed by atoms with E-state index in [2.05, 4.69) is 36.4 Å². The molecule has 0 bridgehead atoms. The van der Waals surface area contributed by atoms with Crippen LogP contribution in [-0.2, 0) is 7.05 Å². The molecule has 1 fully saturated rings. The number of carbonyl (C=O) groups is 1. The van der Waals surface area contributed by atoms with Crippen LogP contribution in [0.25, 0.3) is 16.9 Å². The number of halogens is 2. The molecule has 40 heavy (non-hydrogen) atoms. The van der Waals surface area contributed by atoms with Gasteiger partial charge in [0.2, 0.25) is 0 Å². The van der Waals surface area contributed by atoms with E-state index >= 15 is 0 Å². The van der Waals surface area contributed by atoms with E-state index in [9.17, 15) is 13.6 Å². The van der Waals surface area contributed by atoms with Gasteiger partial charge in [-0.2, -0.15) is 15.4 Å². The lowest BCUT2D eigenvalue weighted by atomic mass is 9.94. The number of para-hydroxylation sites is 1. The minimum Gasteiger partial charge on any atom is -0.335 e. The second-order valence-corrected chi connectivity index (χ2v) is 9.57. The van der Waals surface area contributed by atoms with E-state index in [0.717, 1.165) is 28.9 Å². The number of aryl methyl sites for hydroxylation is 1. The summed E-state index contributed by atoms with van der Waals surface area (Å²) in [7, 11) is 1.82. The Hall–Kier alpha value is -5.14. The first-order valence-electron chi connectivity index (χ1n) is 12.5. The fraction of sp³-hybridized carbons (Fsp3) is 0.231. The van der Waals surface area contributed by atoms with Crippen LogP contribution in [0.2, 0.25) is 0 Å². The highest BCUT2D eigenvalue weighted by molar-refractivity contribution is 5.91. The molecule has 3 aromatic heterocycles. The summed E-state index contributed by atoms with van der Waals surface area (Å²) in [6, 6.07) is 12.2. The Bertz CT molecular complexity index is 1650. The topological polar surface area (TPSA) is 134 Å². The maximum atomic E-state index is 14.1. The van der Waals surface area contributed by atoms with Gasteiger partial charge in [-0.3, -0.25) is 10.00 Å². The highest BCUT2D eigenvalue weighted by atomic mass is 19.2. The van der Waals surface area contributed by atoms with Crippen LogP contribution in [0, 0.1) is 18.6 Å². The average Bonchev–Trinajstić information content (AvgIpc) is 3.75. The fourth-order valence-electron chi connectivity index (χ4n) is 5.01. The van der Waals surface area contributed by atoms with Crippen molar-refractivity contribution in [2.45, 2.75) is 18.9 Å². The van der Waals surface area contributed by atoms with Gasteiger partial charge in [-0.05, 0) is 42.0 Å². The lowest BCUT2D eigenvalue weighted by Gasteiger charge is -2.21. The first kappa shape index (κ1) is 25.2. The van der Waals surface area contributed by atoms with Gasteiger partial charge in [0.15, 0.2) is 11.6 Å².